The first kappa shape index (κ1) is 14.1. The van der Waals surface area contributed by atoms with Crippen LogP contribution in [0.5, 0.6) is 11.5 Å². The predicted octanol–water partition coefficient (Wildman–Crippen LogP) is 4.86. The van der Waals surface area contributed by atoms with Crippen LogP contribution in [0.3, 0.4) is 0 Å². The second-order valence-electron chi connectivity index (χ2n) is 4.43. The van der Waals surface area contributed by atoms with Crippen molar-refractivity contribution in [2.24, 2.45) is 0 Å². The fourth-order valence-electron chi connectivity index (χ4n) is 1.87. The summed E-state index contributed by atoms with van der Waals surface area (Å²) in [6.45, 7) is 3.85. The second-order valence-corrected chi connectivity index (χ2v) is 5.28. The van der Waals surface area contributed by atoms with Gasteiger partial charge in [-0.05, 0) is 58.6 Å². The number of hydrogen-bond acceptors (Lipinski definition) is 2. The van der Waals surface area contributed by atoms with Crippen LogP contribution in [0.15, 0.2) is 46.9 Å². The summed E-state index contributed by atoms with van der Waals surface area (Å²) in [5.41, 5.74) is 2.04. The molecule has 3 heteroatoms. The lowest BCUT2D eigenvalue weighted by Crippen LogP contribution is -1.94. The average molecular weight is 321 g/mol. The van der Waals surface area contributed by atoms with Crippen LogP contribution in [0, 0.1) is 0 Å². The summed E-state index contributed by atoms with van der Waals surface area (Å²) in [6, 6.07) is 13.6. The van der Waals surface area contributed by atoms with Crippen LogP contribution >= 0.6 is 15.9 Å². The molecule has 0 aliphatic carbocycles. The molecule has 0 fully saturated rings. The Morgan fingerprint density at radius 1 is 1.16 bits per heavy atom. The maximum absolute atomic E-state index is 9.55. The summed E-state index contributed by atoms with van der Waals surface area (Å²) in [7, 11) is 0. The van der Waals surface area contributed by atoms with Gasteiger partial charge in [-0.1, -0.05) is 31.2 Å². The molecule has 0 spiro atoms. The molecule has 19 heavy (non-hydrogen) atoms. The van der Waals surface area contributed by atoms with E-state index >= 15 is 0 Å². The molecule has 0 unspecified atom stereocenters. The monoisotopic (exact) mass is 320 g/mol. The highest BCUT2D eigenvalue weighted by Gasteiger charge is 2.08. The Labute approximate surface area is 122 Å². The highest BCUT2D eigenvalue weighted by atomic mass is 79.9. The molecule has 0 aliphatic heterocycles. The van der Waals surface area contributed by atoms with Gasteiger partial charge in [-0.25, -0.2) is 0 Å². The molecule has 0 aromatic heterocycles. The third-order valence-corrected chi connectivity index (χ3v) is 3.63. The fourth-order valence-corrected chi connectivity index (χ4v) is 2.35. The van der Waals surface area contributed by atoms with Gasteiger partial charge < -0.3 is 9.84 Å². The number of aryl methyl sites for hydroxylation is 1. The molecular weight excluding hydrogens is 304 g/mol. The molecule has 1 atom stereocenters. The van der Waals surface area contributed by atoms with Crippen molar-refractivity contribution in [2.75, 3.05) is 0 Å². The van der Waals surface area contributed by atoms with E-state index in [0.29, 0.717) is 0 Å². The number of ether oxygens (including phenoxy) is 1. The maximum atomic E-state index is 9.55. The van der Waals surface area contributed by atoms with Crippen LogP contribution < -0.4 is 4.74 Å². The molecule has 0 heterocycles. The van der Waals surface area contributed by atoms with Crippen molar-refractivity contribution in [1.29, 1.82) is 0 Å². The highest BCUT2D eigenvalue weighted by molar-refractivity contribution is 9.10. The van der Waals surface area contributed by atoms with E-state index in [4.69, 9.17) is 4.74 Å². The number of aliphatic hydroxyl groups excluding tert-OH is 1. The molecule has 2 aromatic carbocycles. The van der Waals surface area contributed by atoms with E-state index in [9.17, 15) is 5.11 Å². The van der Waals surface area contributed by atoms with Gasteiger partial charge in [0.15, 0.2) is 0 Å². The molecular formula is C16H17BrO2. The van der Waals surface area contributed by atoms with Gasteiger partial charge >= 0.3 is 0 Å². The topological polar surface area (TPSA) is 29.5 Å². The van der Waals surface area contributed by atoms with Crippen LogP contribution in [-0.4, -0.2) is 5.11 Å². The maximum Gasteiger partial charge on any atom is 0.141 e. The lowest BCUT2D eigenvalue weighted by Gasteiger charge is -2.13. The summed E-state index contributed by atoms with van der Waals surface area (Å²) in [4.78, 5) is 0. The SMILES string of the molecule is CCc1ccccc1Oc1ccc([C@H](C)O)cc1Br. The lowest BCUT2D eigenvalue weighted by molar-refractivity contribution is 0.199. The van der Waals surface area contributed by atoms with E-state index < -0.39 is 6.10 Å². The van der Waals surface area contributed by atoms with Crippen LogP contribution in [0.4, 0.5) is 0 Å². The first-order valence-corrected chi connectivity index (χ1v) is 7.14. The highest BCUT2D eigenvalue weighted by Crippen LogP contribution is 2.33. The quantitative estimate of drug-likeness (QED) is 0.871. The number of halogens is 1. The van der Waals surface area contributed by atoms with Crippen molar-refractivity contribution >= 4 is 15.9 Å². The molecule has 0 saturated heterocycles. The summed E-state index contributed by atoms with van der Waals surface area (Å²) in [5, 5.41) is 9.55. The van der Waals surface area contributed by atoms with E-state index in [1.165, 1.54) is 5.56 Å². The van der Waals surface area contributed by atoms with E-state index in [1.807, 2.05) is 36.4 Å². The molecule has 0 aliphatic rings. The number of para-hydroxylation sites is 1. The van der Waals surface area contributed by atoms with Crippen molar-refractivity contribution < 1.29 is 9.84 Å². The van der Waals surface area contributed by atoms with Gasteiger partial charge in [0.25, 0.3) is 0 Å². The van der Waals surface area contributed by atoms with Gasteiger partial charge in [0.1, 0.15) is 11.5 Å². The van der Waals surface area contributed by atoms with E-state index in [2.05, 4.69) is 28.9 Å². The molecule has 0 amide bonds. The average Bonchev–Trinajstić information content (AvgIpc) is 2.41. The summed E-state index contributed by atoms with van der Waals surface area (Å²) in [6.07, 6.45) is 0.452. The molecule has 100 valence electrons. The van der Waals surface area contributed by atoms with Gasteiger partial charge in [-0.3, -0.25) is 0 Å². The number of aliphatic hydroxyl groups is 1. The molecule has 0 bridgehead atoms. The van der Waals surface area contributed by atoms with Gasteiger partial charge in [0.05, 0.1) is 10.6 Å². The Hall–Kier alpha value is -1.32. The van der Waals surface area contributed by atoms with Gasteiger partial charge in [-0.2, -0.15) is 0 Å². The molecule has 2 nitrogen and oxygen atoms in total. The standard InChI is InChI=1S/C16H17BrO2/c1-3-12-6-4-5-7-15(12)19-16-9-8-13(11(2)18)10-14(16)17/h4-11,18H,3H2,1-2H3/t11-/m0/s1. The minimum atomic E-state index is -0.478. The largest absolute Gasteiger partial charge is 0.456 e. The molecule has 0 radical (unpaired) electrons. The van der Waals surface area contributed by atoms with E-state index in [0.717, 1.165) is 28.0 Å². The minimum absolute atomic E-state index is 0.478. The van der Waals surface area contributed by atoms with Crippen LogP contribution in [0.2, 0.25) is 0 Å². The molecule has 1 N–H and O–H groups in total. The normalized spacial score (nSPS) is 12.2. The Bertz CT molecular complexity index is 564. The van der Waals surface area contributed by atoms with Gasteiger partial charge in [0.2, 0.25) is 0 Å². The molecule has 0 saturated carbocycles. The fraction of sp³-hybridized carbons (Fsp3) is 0.250. The summed E-state index contributed by atoms with van der Waals surface area (Å²) in [5.74, 6) is 1.63. The van der Waals surface area contributed by atoms with Crippen LogP contribution in [-0.2, 0) is 6.42 Å². The third kappa shape index (κ3) is 3.37. The number of rotatable bonds is 4. The summed E-state index contributed by atoms with van der Waals surface area (Å²) >= 11 is 3.48. The Morgan fingerprint density at radius 3 is 2.53 bits per heavy atom. The third-order valence-electron chi connectivity index (χ3n) is 3.01. The summed E-state index contributed by atoms with van der Waals surface area (Å²) < 4.78 is 6.78. The zero-order valence-corrected chi connectivity index (χ0v) is 12.6. The first-order chi connectivity index (χ1) is 9.11. The molecule has 2 rings (SSSR count). The van der Waals surface area contributed by atoms with E-state index in [1.54, 1.807) is 6.92 Å². The van der Waals surface area contributed by atoms with Crippen molar-refractivity contribution in [1.82, 2.24) is 0 Å². The predicted molar refractivity (Wildman–Crippen MR) is 80.7 cm³/mol. The Kier molecular flexibility index (Phi) is 4.61. The number of hydrogen-bond donors (Lipinski definition) is 1. The minimum Gasteiger partial charge on any atom is -0.456 e. The number of benzene rings is 2. The van der Waals surface area contributed by atoms with Gasteiger partial charge in [-0.15, -0.1) is 0 Å². The molecule has 2 aromatic rings. The Morgan fingerprint density at radius 2 is 1.89 bits per heavy atom. The van der Waals surface area contributed by atoms with E-state index in [-0.39, 0.29) is 0 Å². The zero-order chi connectivity index (χ0) is 13.8. The van der Waals surface area contributed by atoms with Crippen molar-refractivity contribution in [3.8, 4) is 11.5 Å². The van der Waals surface area contributed by atoms with Crippen molar-refractivity contribution in [3.05, 3.63) is 58.1 Å². The van der Waals surface area contributed by atoms with Crippen molar-refractivity contribution in [3.63, 3.8) is 0 Å². The van der Waals surface area contributed by atoms with Gasteiger partial charge in [0, 0.05) is 0 Å². The first-order valence-electron chi connectivity index (χ1n) is 6.35. The van der Waals surface area contributed by atoms with Crippen LogP contribution in [0.1, 0.15) is 31.1 Å². The zero-order valence-electron chi connectivity index (χ0n) is 11.1. The van der Waals surface area contributed by atoms with Crippen LogP contribution in [0.25, 0.3) is 0 Å². The smallest absolute Gasteiger partial charge is 0.141 e. The second kappa shape index (κ2) is 6.22. The van der Waals surface area contributed by atoms with Crippen molar-refractivity contribution in [2.45, 2.75) is 26.4 Å². The lowest BCUT2D eigenvalue weighted by atomic mass is 10.1. The Balaban J connectivity index is 2.28.